The number of aromatic nitrogens is 2. The van der Waals surface area contributed by atoms with Crippen molar-refractivity contribution in [3.8, 4) is 11.4 Å². The maximum absolute atomic E-state index is 12.4. The first-order chi connectivity index (χ1) is 14.1. The van der Waals surface area contributed by atoms with Gasteiger partial charge in [-0.05, 0) is 55.2 Å². The number of hydrogen-bond acceptors (Lipinski definition) is 4. The molecule has 2 heterocycles. The number of para-hydroxylation sites is 1. The third-order valence-corrected chi connectivity index (χ3v) is 5.93. The minimum atomic E-state index is 0.0174. The van der Waals surface area contributed by atoms with E-state index in [1.54, 1.807) is 6.20 Å². The molecule has 1 aliphatic rings. The lowest BCUT2D eigenvalue weighted by Gasteiger charge is -2.25. The second-order valence-electron chi connectivity index (χ2n) is 7.51. The predicted octanol–water partition coefficient (Wildman–Crippen LogP) is 3.95. The van der Waals surface area contributed by atoms with Crippen molar-refractivity contribution in [1.29, 1.82) is 0 Å². The molecule has 29 heavy (non-hydrogen) atoms. The third kappa shape index (κ3) is 4.82. The zero-order valence-electron chi connectivity index (χ0n) is 16.7. The van der Waals surface area contributed by atoms with Gasteiger partial charge in [0.25, 0.3) is 0 Å². The summed E-state index contributed by atoms with van der Waals surface area (Å²) in [5.74, 6) is 1.62. The Morgan fingerprint density at radius 2 is 2.03 bits per heavy atom. The summed E-state index contributed by atoms with van der Waals surface area (Å²) in [7, 11) is 0. The number of ether oxygens (including phenoxy) is 1. The molecular weight excluding hydrogens is 382 g/mol. The molecule has 0 fully saturated rings. The van der Waals surface area contributed by atoms with E-state index >= 15 is 0 Å². The minimum absolute atomic E-state index is 0.0174. The van der Waals surface area contributed by atoms with Crippen LogP contribution in [0.1, 0.15) is 16.7 Å². The SMILES string of the molecule is Cc1cc(C)cc(-n2ccnc2SCC(=O)NCC2COc3ccccc3C2)c1. The minimum Gasteiger partial charge on any atom is -0.493 e. The van der Waals surface area contributed by atoms with Crippen molar-refractivity contribution in [2.45, 2.75) is 25.4 Å². The lowest BCUT2D eigenvalue weighted by molar-refractivity contribution is -0.118. The summed E-state index contributed by atoms with van der Waals surface area (Å²) < 4.78 is 7.83. The Kier molecular flexibility index (Phi) is 5.90. The quantitative estimate of drug-likeness (QED) is 0.629. The van der Waals surface area contributed by atoms with E-state index in [-0.39, 0.29) is 5.91 Å². The van der Waals surface area contributed by atoms with Gasteiger partial charge in [0.15, 0.2) is 5.16 Å². The highest BCUT2D eigenvalue weighted by Crippen LogP contribution is 2.26. The molecule has 1 N–H and O–H groups in total. The molecule has 1 aliphatic heterocycles. The molecule has 0 aliphatic carbocycles. The summed E-state index contributed by atoms with van der Waals surface area (Å²) in [6.07, 6.45) is 4.64. The van der Waals surface area contributed by atoms with Crippen LogP contribution in [0, 0.1) is 19.8 Å². The van der Waals surface area contributed by atoms with Crippen LogP contribution in [-0.2, 0) is 11.2 Å². The molecule has 1 atom stereocenters. The normalized spacial score (nSPS) is 15.4. The molecule has 1 unspecified atom stereocenters. The van der Waals surface area contributed by atoms with Gasteiger partial charge >= 0.3 is 0 Å². The van der Waals surface area contributed by atoms with Gasteiger partial charge in [-0.3, -0.25) is 9.36 Å². The molecule has 3 aromatic rings. The Hall–Kier alpha value is -2.73. The molecule has 4 rings (SSSR count). The van der Waals surface area contributed by atoms with E-state index < -0.39 is 0 Å². The Bertz CT molecular complexity index is 995. The number of carbonyl (C=O) groups is 1. The molecule has 5 nitrogen and oxygen atoms in total. The number of rotatable bonds is 6. The van der Waals surface area contributed by atoms with E-state index in [0.717, 1.165) is 23.0 Å². The second kappa shape index (κ2) is 8.74. The summed E-state index contributed by atoms with van der Waals surface area (Å²) in [5.41, 5.74) is 4.70. The summed E-state index contributed by atoms with van der Waals surface area (Å²) in [6, 6.07) is 14.5. The molecule has 1 amide bonds. The predicted molar refractivity (Wildman–Crippen MR) is 116 cm³/mol. The Morgan fingerprint density at radius 1 is 1.24 bits per heavy atom. The molecule has 0 saturated heterocycles. The first kappa shape index (κ1) is 19.6. The number of hydrogen-bond donors (Lipinski definition) is 1. The molecule has 6 heteroatoms. The fraction of sp³-hybridized carbons (Fsp3) is 0.304. The van der Waals surface area contributed by atoms with Crippen molar-refractivity contribution >= 4 is 17.7 Å². The first-order valence-corrected chi connectivity index (χ1v) is 10.8. The van der Waals surface area contributed by atoms with Gasteiger partial charge in [-0.1, -0.05) is 36.0 Å². The fourth-order valence-corrected chi connectivity index (χ4v) is 4.45. The maximum atomic E-state index is 12.4. The number of benzene rings is 2. The van der Waals surface area contributed by atoms with Crippen LogP contribution in [-0.4, -0.2) is 34.4 Å². The summed E-state index contributed by atoms with van der Waals surface area (Å²) in [4.78, 5) is 16.8. The molecule has 0 bridgehead atoms. The van der Waals surface area contributed by atoms with Crippen LogP contribution in [0.5, 0.6) is 5.75 Å². The number of aryl methyl sites for hydroxylation is 2. The van der Waals surface area contributed by atoms with Gasteiger partial charge in [0, 0.05) is 30.5 Å². The summed E-state index contributed by atoms with van der Waals surface area (Å²) >= 11 is 1.45. The second-order valence-corrected chi connectivity index (χ2v) is 8.45. The van der Waals surface area contributed by atoms with Crippen LogP contribution in [0.3, 0.4) is 0 Å². The number of amides is 1. The highest BCUT2D eigenvalue weighted by atomic mass is 32.2. The zero-order valence-corrected chi connectivity index (χ0v) is 17.5. The topological polar surface area (TPSA) is 56.2 Å². The van der Waals surface area contributed by atoms with Gasteiger partial charge in [-0.25, -0.2) is 4.98 Å². The van der Waals surface area contributed by atoms with Gasteiger partial charge in [-0.15, -0.1) is 0 Å². The van der Waals surface area contributed by atoms with Crippen LogP contribution in [0.2, 0.25) is 0 Å². The lowest BCUT2D eigenvalue weighted by Crippen LogP contribution is -2.35. The van der Waals surface area contributed by atoms with E-state index in [1.807, 2.05) is 29.0 Å². The number of nitrogens with one attached hydrogen (secondary N) is 1. The number of nitrogens with zero attached hydrogens (tertiary/aromatic N) is 2. The van der Waals surface area contributed by atoms with E-state index in [9.17, 15) is 4.79 Å². The first-order valence-electron chi connectivity index (χ1n) is 9.81. The Labute approximate surface area is 175 Å². The summed E-state index contributed by atoms with van der Waals surface area (Å²) in [5, 5.41) is 3.87. The molecule has 0 radical (unpaired) electrons. The molecule has 0 spiro atoms. The third-order valence-electron chi connectivity index (χ3n) is 4.97. The lowest BCUT2D eigenvalue weighted by atomic mass is 9.97. The van der Waals surface area contributed by atoms with E-state index in [0.29, 0.717) is 24.8 Å². The highest BCUT2D eigenvalue weighted by Gasteiger charge is 2.20. The van der Waals surface area contributed by atoms with Crippen LogP contribution in [0.15, 0.2) is 60.0 Å². The zero-order chi connectivity index (χ0) is 20.2. The molecule has 1 aromatic heterocycles. The number of thioether (sulfide) groups is 1. The van der Waals surface area contributed by atoms with Crippen molar-refractivity contribution in [3.05, 3.63) is 71.5 Å². The average molecular weight is 408 g/mol. The molecule has 0 saturated carbocycles. The smallest absolute Gasteiger partial charge is 0.230 e. The number of imidazole rings is 1. The van der Waals surface area contributed by atoms with Crippen molar-refractivity contribution in [2.24, 2.45) is 5.92 Å². The van der Waals surface area contributed by atoms with Crippen LogP contribution in [0.25, 0.3) is 5.69 Å². The van der Waals surface area contributed by atoms with Crippen molar-refractivity contribution in [1.82, 2.24) is 14.9 Å². The van der Waals surface area contributed by atoms with Gasteiger partial charge in [0.2, 0.25) is 5.91 Å². The number of carbonyl (C=O) groups excluding carboxylic acids is 1. The van der Waals surface area contributed by atoms with Crippen LogP contribution < -0.4 is 10.1 Å². The van der Waals surface area contributed by atoms with Crippen molar-refractivity contribution in [3.63, 3.8) is 0 Å². The van der Waals surface area contributed by atoms with E-state index in [1.165, 1.54) is 28.5 Å². The molecular formula is C23H25N3O2S. The Morgan fingerprint density at radius 3 is 2.86 bits per heavy atom. The highest BCUT2D eigenvalue weighted by molar-refractivity contribution is 7.99. The van der Waals surface area contributed by atoms with E-state index in [4.69, 9.17) is 4.74 Å². The molecule has 2 aromatic carbocycles. The molecule has 150 valence electrons. The Balaban J connectivity index is 1.30. The van der Waals surface area contributed by atoms with Gasteiger partial charge < -0.3 is 10.1 Å². The number of fused-ring (bicyclic) bond motifs is 1. The van der Waals surface area contributed by atoms with Crippen molar-refractivity contribution < 1.29 is 9.53 Å². The van der Waals surface area contributed by atoms with Crippen LogP contribution >= 0.6 is 11.8 Å². The van der Waals surface area contributed by atoms with Crippen molar-refractivity contribution in [2.75, 3.05) is 18.9 Å². The standard InChI is InChI=1S/C23H25N3O2S/c1-16-9-17(2)11-20(10-16)26-8-7-24-23(26)29-15-22(27)25-13-18-12-19-5-3-4-6-21(19)28-14-18/h3-11,18H,12-15H2,1-2H3,(H,25,27). The largest absolute Gasteiger partial charge is 0.493 e. The maximum Gasteiger partial charge on any atom is 0.230 e. The summed E-state index contributed by atoms with van der Waals surface area (Å²) in [6.45, 7) is 5.43. The van der Waals surface area contributed by atoms with Gasteiger partial charge in [-0.2, -0.15) is 0 Å². The average Bonchev–Trinajstić information content (AvgIpc) is 3.18. The van der Waals surface area contributed by atoms with Gasteiger partial charge in [0.05, 0.1) is 12.4 Å². The van der Waals surface area contributed by atoms with Gasteiger partial charge in [0.1, 0.15) is 5.75 Å². The monoisotopic (exact) mass is 407 g/mol. The van der Waals surface area contributed by atoms with E-state index in [2.05, 4.69) is 48.4 Å². The fourth-order valence-electron chi connectivity index (χ4n) is 3.64. The van der Waals surface area contributed by atoms with Crippen LogP contribution in [0.4, 0.5) is 0 Å².